The van der Waals surface area contributed by atoms with Crippen molar-refractivity contribution in [1.29, 1.82) is 0 Å². The average Bonchev–Trinajstić information content (AvgIpc) is 3.46. The molecule has 0 radical (unpaired) electrons. The van der Waals surface area contributed by atoms with Crippen molar-refractivity contribution in [3.05, 3.63) is 101 Å². The molecule has 35 heavy (non-hydrogen) atoms. The van der Waals surface area contributed by atoms with Crippen molar-refractivity contribution in [2.24, 2.45) is 10.1 Å². The van der Waals surface area contributed by atoms with Gasteiger partial charge in [-0.2, -0.15) is 10.1 Å². The highest BCUT2D eigenvalue weighted by molar-refractivity contribution is 8.15. The van der Waals surface area contributed by atoms with Gasteiger partial charge in [0, 0.05) is 18.5 Å². The zero-order chi connectivity index (χ0) is 24.4. The zero-order valence-electron chi connectivity index (χ0n) is 19.6. The van der Waals surface area contributed by atoms with Crippen LogP contribution in [0.25, 0.3) is 0 Å². The summed E-state index contributed by atoms with van der Waals surface area (Å²) in [4.78, 5) is 29.7. The van der Waals surface area contributed by atoms with E-state index in [-0.39, 0.29) is 24.3 Å². The molecule has 0 saturated heterocycles. The molecule has 0 saturated carbocycles. The Morgan fingerprint density at radius 3 is 2.31 bits per heavy atom. The van der Waals surface area contributed by atoms with Gasteiger partial charge < -0.3 is 5.32 Å². The third kappa shape index (κ3) is 5.20. The Bertz CT molecular complexity index is 1300. The highest BCUT2D eigenvalue weighted by Crippen LogP contribution is 2.38. The van der Waals surface area contributed by atoms with Crippen molar-refractivity contribution in [3.8, 4) is 0 Å². The van der Waals surface area contributed by atoms with Crippen LogP contribution >= 0.6 is 11.8 Å². The van der Waals surface area contributed by atoms with E-state index in [0.717, 1.165) is 22.4 Å². The number of thioether (sulfide) groups is 1. The van der Waals surface area contributed by atoms with E-state index in [9.17, 15) is 9.59 Å². The molecule has 5 rings (SSSR count). The lowest BCUT2D eigenvalue weighted by molar-refractivity contribution is -0.121. The molecule has 0 aromatic heterocycles. The van der Waals surface area contributed by atoms with E-state index >= 15 is 0 Å². The van der Waals surface area contributed by atoms with Crippen LogP contribution in [0.5, 0.6) is 0 Å². The maximum atomic E-state index is 12.7. The standard InChI is InChI=1S/C28H26N4O2S/c1-18-8-12-21(13-9-18)24-16-23(20-6-4-3-5-7-20)31-32(24)28-30-27(34)25(35-28)17-26(33)29-22-14-10-19(2)11-15-22/h3-15,24-25H,16-17H2,1-2H3,(H,29,33)/t24-,25+/m1/s1. The second-order valence-corrected chi connectivity index (χ2v) is 10.0. The maximum Gasteiger partial charge on any atom is 0.262 e. The van der Waals surface area contributed by atoms with Gasteiger partial charge in [-0.05, 0) is 37.1 Å². The summed E-state index contributed by atoms with van der Waals surface area (Å²) in [5.74, 6) is -0.504. The summed E-state index contributed by atoms with van der Waals surface area (Å²) in [5, 5.41) is 9.59. The van der Waals surface area contributed by atoms with Gasteiger partial charge >= 0.3 is 0 Å². The molecule has 176 valence electrons. The number of benzene rings is 3. The van der Waals surface area contributed by atoms with Gasteiger partial charge in [0.05, 0.1) is 11.8 Å². The third-order valence-electron chi connectivity index (χ3n) is 6.11. The van der Waals surface area contributed by atoms with Crippen LogP contribution in [0.15, 0.2) is 89.0 Å². The van der Waals surface area contributed by atoms with E-state index in [0.29, 0.717) is 17.3 Å². The van der Waals surface area contributed by atoms with Crippen LogP contribution < -0.4 is 5.32 Å². The van der Waals surface area contributed by atoms with Gasteiger partial charge in [0.25, 0.3) is 5.91 Å². The third-order valence-corrected chi connectivity index (χ3v) is 7.25. The molecule has 2 atom stereocenters. The minimum absolute atomic E-state index is 0.0582. The summed E-state index contributed by atoms with van der Waals surface area (Å²) in [6, 6.07) is 26.0. The molecule has 0 aliphatic carbocycles. The zero-order valence-corrected chi connectivity index (χ0v) is 20.5. The highest BCUT2D eigenvalue weighted by atomic mass is 32.2. The first-order chi connectivity index (χ1) is 17.0. The van der Waals surface area contributed by atoms with Gasteiger partial charge in [-0.1, -0.05) is 89.6 Å². The number of rotatable bonds is 5. The van der Waals surface area contributed by atoms with Gasteiger partial charge in [0.2, 0.25) is 5.91 Å². The molecule has 6 nitrogen and oxygen atoms in total. The van der Waals surface area contributed by atoms with Crippen LogP contribution in [0, 0.1) is 13.8 Å². The largest absolute Gasteiger partial charge is 0.326 e. The van der Waals surface area contributed by atoms with Crippen molar-refractivity contribution in [1.82, 2.24) is 5.01 Å². The smallest absolute Gasteiger partial charge is 0.262 e. The summed E-state index contributed by atoms with van der Waals surface area (Å²) in [6.45, 7) is 4.05. The van der Waals surface area contributed by atoms with Gasteiger partial charge in [-0.25, -0.2) is 5.01 Å². The summed E-state index contributed by atoms with van der Waals surface area (Å²) in [7, 11) is 0. The van der Waals surface area contributed by atoms with E-state index in [1.807, 2.05) is 66.5 Å². The molecule has 2 aliphatic heterocycles. The minimum Gasteiger partial charge on any atom is -0.326 e. The van der Waals surface area contributed by atoms with Gasteiger partial charge in [-0.15, -0.1) is 0 Å². The molecular weight excluding hydrogens is 456 g/mol. The van der Waals surface area contributed by atoms with Crippen LogP contribution in [0.3, 0.4) is 0 Å². The number of amides is 2. The van der Waals surface area contributed by atoms with E-state index in [2.05, 4.69) is 41.5 Å². The number of anilines is 1. The van der Waals surface area contributed by atoms with E-state index in [1.54, 1.807) is 0 Å². The van der Waals surface area contributed by atoms with Crippen LogP contribution in [-0.4, -0.2) is 33.0 Å². The van der Waals surface area contributed by atoms with E-state index in [1.165, 1.54) is 17.3 Å². The van der Waals surface area contributed by atoms with E-state index < -0.39 is 5.25 Å². The number of nitrogens with one attached hydrogen (secondary N) is 1. The number of hydrogen-bond donors (Lipinski definition) is 1. The Morgan fingerprint density at radius 1 is 0.971 bits per heavy atom. The number of carbonyl (C=O) groups is 2. The summed E-state index contributed by atoms with van der Waals surface area (Å²) in [5.41, 5.74) is 6.13. The number of aliphatic imine (C=N–C) groups is 1. The molecule has 2 aliphatic rings. The van der Waals surface area contributed by atoms with Crippen LogP contribution in [0.4, 0.5) is 5.69 Å². The molecule has 3 aromatic rings. The molecular formula is C28H26N4O2S. The summed E-state index contributed by atoms with van der Waals surface area (Å²) in [6.07, 6.45) is 0.766. The molecule has 0 unspecified atom stereocenters. The fraction of sp³-hybridized carbons (Fsp3) is 0.214. The number of nitrogens with zero attached hydrogens (tertiary/aromatic N) is 3. The van der Waals surface area contributed by atoms with E-state index in [4.69, 9.17) is 5.10 Å². The quantitative estimate of drug-likeness (QED) is 0.523. The molecule has 0 fully saturated rings. The fourth-order valence-electron chi connectivity index (χ4n) is 4.16. The Hall–Kier alpha value is -3.71. The van der Waals surface area contributed by atoms with Crippen LogP contribution in [0.2, 0.25) is 0 Å². The fourth-order valence-corrected chi connectivity index (χ4v) is 5.22. The minimum atomic E-state index is -0.565. The van der Waals surface area contributed by atoms with Crippen molar-refractivity contribution in [2.75, 3.05) is 5.32 Å². The number of amidine groups is 1. The van der Waals surface area contributed by atoms with Crippen molar-refractivity contribution >= 4 is 40.1 Å². The van der Waals surface area contributed by atoms with Crippen molar-refractivity contribution in [3.63, 3.8) is 0 Å². The highest BCUT2D eigenvalue weighted by Gasteiger charge is 2.39. The summed E-state index contributed by atoms with van der Waals surface area (Å²) >= 11 is 1.31. The normalized spacial score (nSPS) is 19.5. The lowest BCUT2D eigenvalue weighted by Crippen LogP contribution is -2.25. The molecule has 3 aromatic carbocycles. The Balaban J connectivity index is 1.34. The van der Waals surface area contributed by atoms with Crippen molar-refractivity contribution < 1.29 is 9.59 Å². The molecule has 2 amide bonds. The number of hydrazone groups is 1. The number of carbonyl (C=O) groups excluding carboxylic acids is 2. The lowest BCUT2D eigenvalue weighted by atomic mass is 9.98. The number of aryl methyl sites for hydroxylation is 2. The second kappa shape index (κ2) is 9.88. The molecule has 2 heterocycles. The molecule has 7 heteroatoms. The van der Waals surface area contributed by atoms with Crippen molar-refractivity contribution in [2.45, 2.75) is 38.0 Å². The van der Waals surface area contributed by atoms with Gasteiger partial charge in [0.15, 0.2) is 5.17 Å². The molecule has 0 spiro atoms. The maximum absolute atomic E-state index is 12.7. The monoisotopic (exact) mass is 482 g/mol. The predicted molar refractivity (Wildman–Crippen MR) is 142 cm³/mol. The van der Waals surface area contributed by atoms with Gasteiger partial charge in [-0.3, -0.25) is 9.59 Å². The molecule has 0 bridgehead atoms. The second-order valence-electron chi connectivity index (χ2n) is 8.85. The lowest BCUT2D eigenvalue weighted by Gasteiger charge is -2.23. The van der Waals surface area contributed by atoms with Gasteiger partial charge in [0.1, 0.15) is 5.25 Å². The predicted octanol–water partition coefficient (Wildman–Crippen LogP) is 5.48. The first-order valence-corrected chi connectivity index (χ1v) is 12.5. The average molecular weight is 483 g/mol. The first-order valence-electron chi connectivity index (χ1n) is 11.6. The SMILES string of the molecule is Cc1ccc(NC(=O)C[C@@H]2SC(N3N=C(c4ccccc4)C[C@@H]3c3ccc(C)cc3)=NC2=O)cc1. The topological polar surface area (TPSA) is 74.1 Å². The molecule has 1 N–H and O–H groups in total. The summed E-state index contributed by atoms with van der Waals surface area (Å²) < 4.78 is 0. The Labute approximate surface area is 209 Å². The first kappa shape index (κ1) is 23.1. The Kier molecular flexibility index (Phi) is 6.51. The Morgan fingerprint density at radius 2 is 1.63 bits per heavy atom. The van der Waals surface area contributed by atoms with Crippen LogP contribution in [0.1, 0.15) is 41.1 Å². The number of hydrogen-bond acceptors (Lipinski definition) is 5. The van der Waals surface area contributed by atoms with Crippen LogP contribution in [-0.2, 0) is 9.59 Å².